The summed E-state index contributed by atoms with van der Waals surface area (Å²) in [6.07, 6.45) is 5.24. The van der Waals surface area contributed by atoms with Crippen molar-refractivity contribution in [2.75, 3.05) is 25.5 Å². The lowest BCUT2D eigenvalue weighted by Gasteiger charge is -2.37. The summed E-state index contributed by atoms with van der Waals surface area (Å²) >= 11 is 0. The van der Waals surface area contributed by atoms with E-state index in [-0.39, 0.29) is 55.1 Å². The van der Waals surface area contributed by atoms with E-state index in [4.69, 9.17) is 0 Å². The van der Waals surface area contributed by atoms with Gasteiger partial charge in [-0.2, -0.15) is 0 Å². The van der Waals surface area contributed by atoms with Crippen LogP contribution in [0.4, 0.5) is 5.69 Å². The minimum atomic E-state index is -0.371. The number of carbonyl (C=O) groups excluding carboxylic acids is 3. The van der Waals surface area contributed by atoms with Gasteiger partial charge in [0.1, 0.15) is 0 Å². The van der Waals surface area contributed by atoms with Crippen molar-refractivity contribution in [1.82, 2.24) is 10.6 Å². The maximum atomic E-state index is 12.5. The summed E-state index contributed by atoms with van der Waals surface area (Å²) < 4.78 is 4.52. The van der Waals surface area contributed by atoms with E-state index >= 15 is 0 Å². The number of piperidine rings is 1. The number of halogens is 1. The summed E-state index contributed by atoms with van der Waals surface area (Å²) in [5, 5.41) is 8.93. The molecule has 1 aromatic rings. The minimum absolute atomic E-state index is 0. The molecule has 2 amide bonds. The van der Waals surface area contributed by atoms with Crippen molar-refractivity contribution in [3.63, 3.8) is 0 Å². The molecule has 2 aliphatic heterocycles. The van der Waals surface area contributed by atoms with Gasteiger partial charge >= 0.3 is 5.97 Å². The van der Waals surface area contributed by atoms with Gasteiger partial charge in [-0.1, -0.05) is 12.2 Å². The van der Waals surface area contributed by atoms with Crippen molar-refractivity contribution in [3.8, 4) is 0 Å². The Bertz CT molecular complexity index is 720. The predicted molar refractivity (Wildman–Crippen MR) is 104 cm³/mol. The second-order valence-electron chi connectivity index (χ2n) is 6.57. The van der Waals surface area contributed by atoms with Crippen LogP contribution in [0.3, 0.4) is 0 Å². The van der Waals surface area contributed by atoms with E-state index in [1.807, 2.05) is 0 Å². The third-order valence-electron chi connectivity index (χ3n) is 4.79. The largest absolute Gasteiger partial charge is 0.469 e. The van der Waals surface area contributed by atoms with Crippen LogP contribution in [-0.4, -0.2) is 44.0 Å². The van der Waals surface area contributed by atoms with Crippen LogP contribution in [0.5, 0.6) is 0 Å². The van der Waals surface area contributed by atoms with Crippen LogP contribution < -0.4 is 16.0 Å². The Labute approximate surface area is 164 Å². The van der Waals surface area contributed by atoms with Crippen LogP contribution in [0.1, 0.15) is 23.2 Å². The van der Waals surface area contributed by atoms with Crippen molar-refractivity contribution >= 4 is 35.9 Å². The molecule has 3 unspecified atom stereocenters. The standard InChI is InChI=1S/C19H23N3O4.ClH/c1-26-17(23)8-9-20-18(24)13-3-5-14(6-4-13)22-19(25)15-10-12-2-7-16(15)21-11-12;/h2-7,12,15-16,21H,8-11H2,1H3,(H,20,24)(H,22,25);1H. The molecule has 1 aromatic carbocycles. The zero-order chi connectivity index (χ0) is 18.5. The lowest BCUT2D eigenvalue weighted by atomic mass is 9.78. The number of hydrogen-bond acceptors (Lipinski definition) is 5. The van der Waals surface area contributed by atoms with E-state index in [0.717, 1.165) is 13.0 Å². The molecule has 2 bridgehead atoms. The Morgan fingerprint density at radius 2 is 1.93 bits per heavy atom. The average Bonchev–Trinajstić information content (AvgIpc) is 2.69. The fraction of sp³-hybridized carbons (Fsp3) is 0.421. The summed E-state index contributed by atoms with van der Waals surface area (Å²) in [4.78, 5) is 35.6. The number of methoxy groups -OCH3 is 1. The molecule has 27 heavy (non-hydrogen) atoms. The second-order valence-corrected chi connectivity index (χ2v) is 6.57. The number of fused-ring (bicyclic) bond motifs is 2. The normalized spacial score (nSPS) is 22.5. The molecule has 1 saturated heterocycles. The molecule has 3 aliphatic rings. The van der Waals surface area contributed by atoms with E-state index < -0.39 is 0 Å². The molecule has 0 saturated carbocycles. The summed E-state index contributed by atoms with van der Waals surface area (Å²) in [7, 11) is 1.31. The highest BCUT2D eigenvalue weighted by Crippen LogP contribution is 2.29. The van der Waals surface area contributed by atoms with Crippen LogP contribution in [0.25, 0.3) is 0 Å². The van der Waals surface area contributed by atoms with Crippen LogP contribution >= 0.6 is 12.4 Å². The highest BCUT2D eigenvalue weighted by Gasteiger charge is 2.36. The SMILES string of the molecule is COC(=O)CCNC(=O)c1ccc(NC(=O)C2CC3C=CC2NC3)cc1.Cl. The van der Waals surface area contributed by atoms with Gasteiger partial charge in [-0.3, -0.25) is 14.4 Å². The van der Waals surface area contributed by atoms with Crippen molar-refractivity contribution in [2.24, 2.45) is 11.8 Å². The van der Waals surface area contributed by atoms with E-state index in [1.165, 1.54) is 7.11 Å². The minimum Gasteiger partial charge on any atom is -0.469 e. The summed E-state index contributed by atoms with van der Waals surface area (Å²) in [6, 6.07) is 6.80. The van der Waals surface area contributed by atoms with Gasteiger partial charge in [0.15, 0.2) is 0 Å². The molecule has 1 fully saturated rings. The molecule has 4 rings (SSSR count). The third kappa shape index (κ3) is 5.30. The van der Waals surface area contributed by atoms with E-state index in [9.17, 15) is 14.4 Å². The van der Waals surface area contributed by atoms with Gasteiger partial charge in [0.25, 0.3) is 5.91 Å². The van der Waals surface area contributed by atoms with E-state index in [1.54, 1.807) is 24.3 Å². The van der Waals surface area contributed by atoms with Gasteiger partial charge in [-0.15, -0.1) is 12.4 Å². The van der Waals surface area contributed by atoms with Crippen molar-refractivity contribution < 1.29 is 19.1 Å². The number of carbonyl (C=O) groups is 3. The van der Waals surface area contributed by atoms with E-state index in [2.05, 4.69) is 32.8 Å². The lowest BCUT2D eigenvalue weighted by molar-refractivity contribution is -0.140. The van der Waals surface area contributed by atoms with Crippen LogP contribution in [0.15, 0.2) is 36.4 Å². The van der Waals surface area contributed by atoms with E-state index in [0.29, 0.717) is 17.2 Å². The molecule has 8 heteroatoms. The molecule has 3 N–H and O–H groups in total. The zero-order valence-electron chi connectivity index (χ0n) is 15.1. The predicted octanol–water partition coefficient (Wildman–Crippen LogP) is 1.50. The van der Waals surface area contributed by atoms with Crippen LogP contribution in [-0.2, 0) is 14.3 Å². The zero-order valence-corrected chi connectivity index (χ0v) is 15.9. The first-order valence-electron chi connectivity index (χ1n) is 8.74. The van der Waals surface area contributed by atoms with Gasteiger partial charge in [-0.05, 0) is 36.6 Å². The number of benzene rings is 1. The lowest BCUT2D eigenvalue weighted by Crippen LogP contribution is -2.51. The highest BCUT2D eigenvalue weighted by atomic mass is 35.5. The Balaban J connectivity index is 0.00000261. The molecule has 7 nitrogen and oxygen atoms in total. The first-order valence-corrected chi connectivity index (χ1v) is 8.74. The summed E-state index contributed by atoms with van der Waals surface area (Å²) in [5.41, 5.74) is 1.13. The maximum absolute atomic E-state index is 12.5. The second kappa shape index (κ2) is 9.53. The van der Waals surface area contributed by atoms with Gasteiger partial charge in [0.2, 0.25) is 5.91 Å². The molecular formula is C19H24ClN3O4. The molecule has 0 aromatic heterocycles. The molecule has 146 valence electrons. The monoisotopic (exact) mass is 393 g/mol. The summed E-state index contributed by atoms with van der Waals surface area (Å²) in [6.45, 7) is 1.15. The summed E-state index contributed by atoms with van der Waals surface area (Å²) in [5.74, 6) is -0.298. The molecule has 3 atom stereocenters. The highest BCUT2D eigenvalue weighted by molar-refractivity contribution is 5.96. The first-order chi connectivity index (χ1) is 12.6. The topological polar surface area (TPSA) is 96.5 Å². The Hall–Kier alpha value is -2.38. The van der Waals surface area contributed by atoms with Gasteiger partial charge in [0.05, 0.1) is 19.4 Å². The molecular weight excluding hydrogens is 370 g/mol. The molecule has 0 spiro atoms. The van der Waals surface area contributed by atoms with Gasteiger partial charge in [-0.25, -0.2) is 0 Å². The van der Waals surface area contributed by atoms with Crippen LogP contribution in [0, 0.1) is 11.8 Å². The fourth-order valence-electron chi connectivity index (χ4n) is 3.30. The van der Waals surface area contributed by atoms with Gasteiger partial charge < -0.3 is 20.7 Å². The number of anilines is 1. The molecule has 0 radical (unpaired) electrons. The van der Waals surface area contributed by atoms with Crippen molar-refractivity contribution in [2.45, 2.75) is 18.9 Å². The number of hydrogen-bond donors (Lipinski definition) is 3. The Morgan fingerprint density at radius 1 is 1.19 bits per heavy atom. The number of amides is 2. The number of nitrogens with one attached hydrogen (secondary N) is 3. The third-order valence-corrected chi connectivity index (χ3v) is 4.79. The van der Waals surface area contributed by atoms with Crippen molar-refractivity contribution in [1.29, 1.82) is 0 Å². The maximum Gasteiger partial charge on any atom is 0.307 e. The quantitative estimate of drug-likeness (QED) is 0.503. The fourth-order valence-corrected chi connectivity index (χ4v) is 3.30. The average molecular weight is 394 g/mol. The van der Waals surface area contributed by atoms with Crippen LogP contribution in [0.2, 0.25) is 0 Å². The Morgan fingerprint density at radius 3 is 2.48 bits per heavy atom. The van der Waals surface area contributed by atoms with Gasteiger partial charge in [0, 0.05) is 30.4 Å². The number of esters is 1. The van der Waals surface area contributed by atoms with Crippen molar-refractivity contribution in [3.05, 3.63) is 42.0 Å². The first kappa shape index (κ1) is 20.9. The number of rotatable bonds is 6. The molecule has 1 aliphatic carbocycles. The number of ether oxygens (including phenoxy) is 1. The molecule has 2 heterocycles. The smallest absolute Gasteiger partial charge is 0.307 e. The Kier molecular flexibility index (Phi) is 7.38.